The first-order valence-electron chi connectivity index (χ1n) is 8.29. The van der Waals surface area contributed by atoms with Gasteiger partial charge < -0.3 is 14.8 Å². The van der Waals surface area contributed by atoms with Gasteiger partial charge in [0, 0.05) is 31.6 Å². The summed E-state index contributed by atoms with van der Waals surface area (Å²) in [7, 11) is 0.0406. The Morgan fingerprint density at radius 3 is 2.48 bits per heavy atom. The quantitative estimate of drug-likeness (QED) is 0.775. The predicted molar refractivity (Wildman–Crippen MR) is 95.4 cm³/mol. The molecule has 1 aliphatic rings. The van der Waals surface area contributed by atoms with Crippen LogP contribution >= 0.6 is 0 Å². The fourth-order valence-electron chi connectivity index (χ4n) is 2.97. The number of hydrogen-bond acceptors (Lipinski definition) is 5. The molecule has 0 aliphatic carbocycles. The number of nitrogens with one attached hydrogen (secondary N) is 1. The molecule has 0 unspecified atom stereocenters. The van der Waals surface area contributed by atoms with Gasteiger partial charge in [-0.3, -0.25) is 4.79 Å². The topological polar surface area (TPSA) is 84.9 Å². The van der Waals surface area contributed by atoms with Crippen molar-refractivity contribution in [3.05, 3.63) is 23.8 Å². The van der Waals surface area contributed by atoms with Crippen molar-refractivity contribution < 1.29 is 22.7 Å². The molecule has 0 bridgehead atoms. The van der Waals surface area contributed by atoms with Gasteiger partial charge in [0.1, 0.15) is 11.5 Å². The average Bonchev–Trinajstić information content (AvgIpc) is 2.61. The summed E-state index contributed by atoms with van der Waals surface area (Å²) in [4.78, 5) is 12.3. The van der Waals surface area contributed by atoms with Gasteiger partial charge in [-0.25, -0.2) is 12.7 Å². The van der Waals surface area contributed by atoms with Crippen molar-refractivity contribution in [1.29, 1.82) is 0 Å². The summed E-state index contributed by atoms with van der Waals surface area (Å²) in [6, 6.07) is 5.60. The molecule has 1 amide bonds. The van der Waals surface area contributed by atoms with Crippen molar-refractivity contribution in [2.24, 2.45) is 5.92 Å². The summed E-state index contributed by atoms with van der Waals surface area (Å²) in [5.74, 6) is 1.31. The summed E-state index contributed by atoms with van der Waals surface area (Å²) in [5.41, 5.74) is 0.996. The smallest absolute Gasteiger partial charge is 0.223 e. The van der Waals surface area contributed by atoms with Gasteiger partial charge in [0.25, 0.3) is 0 Å². The lowest BCUT2D eigenvalue weighted by molar-refractivity contribution is -0.126. The molecule has 1 heterocycles. The summed E-state index contributed by atoms with van der Waals surface area (Å²) in [6.07, 6.45) is 2.98. The second-order valence-electron chi connectivity index (χ2n) is 6.16. The Kier molecular flexibility index (Phi) is 6.66. The van der Waals surface area contributed by atoms with Crippen LogP contribution in [-0.4, -0.2) is 58.7 Å². The van der Waals surface area contributed by atoms with Gasteiger partial charge in [0.15, 0.2) is 0 Å². The number of ether oxygens (including phenoxy) is 2. The number of methoxy groups -OCH3 is 2. The van der Waals surface area contributed by atoms with E-state index in [4.69, 9.17) is 9.47 Å². The molecule has 1 N–H and O–H groups in total. The van der Waals surface area contributed by atoms with E-state index in [1.54, 1.807) is 14.2 Å². The van der Waals surface area contributed by atoms with E-state index in [2.05, 4.69) is 5.32 Å². The lowest BCUT2D eigenvalue weighted by atomic mass is 9.97. The highest BCUT2D eigenvalue weighted by atomic mass is 32.2. The largest absolute Gasteiger partial charge is 0.497 e. The van der Waals surface area contributed by atoms with Crippen LogP contribution < -0.4 is 14.8 Å². The molecular weight excluding hydrogens is 344 g/mol. The first kappa shape index (κ1) is 19.5. The number of piperidine rings is 1. The maximum Gasteiger partial charge on any atom is 0.223 e. The van der Waals surface area contributed by atoms with Gasteiger partial charge in [-0.05, 0) is 30.9 Å². The van der Waals surface area contributed by atoms with Gasteiger partial charge >= 0.3 is 0 Å². The fraction of sp³-hybridized carbons (Fsp3) is 0.588. The molecule has 1 fully saturated rings. The summed E-state index contributed by atoms with van der Waals surface area (Å²) in [6.45, 7) is 1.32. The molecule has 25 heavy (non-hydrogen) atoms. The maximum atomic E-state index is 12.3. The lowest BCUT2D eigenvalue weighted by Crippen LogP contribution is -2.42. The number of benzene rings is 1. The Labute approximate surface area is 149 Å². The van der Waals surface area contributed by atoms with E-state index in [-0.39, 0.29) is 11.8 Å². The molecule has 1 aromatic carbocycles. The Balaban J connectivity index is 1.81. The van der Waals surface area contributed by atoms with Crippen molar-refractivity contribution in [2.75, 3.05) is 40.1 Å². The molecule has 1 saturated heterocycles. The molecule has 1 aromatic rings. The lowest BCUT2D eigenvalue weighted by Gasteiger charge is -2.29. The van der Waals surface area contributed by atoms with Gasteiger partial charge in [0.05, 0.1) is 20.5 Å². The number of hydrogen-bond donors (Lipinski definition) is 1. The highest BCUT2D eigenvalue weighted by Gasteiger charge is 2.28. The predicted octanol–water partition coefficient (Wildman–Crippen LogP) is 1.03. The van der Waals surface area contributed by atoms with Crippen molar-refractivity contribution in [1.82, 2.24) is 9.62 Å². The molecule has 1 aliphatic heterocycles. The normalized spacial score (nSPS) is 16.4. The van der Waals surface area contributed by atoms with E-state index in [1.165, 1.54) is 10.6 Å². The minimum Gasteiger partial charge on any atom is -0.497 e. The molecule has 0 radical (unpaired) electrons. The number of sulfonamides is 1. The summed E-state index contributed by atoms with van der Waals surface area (Å²) < 4.78 is 35.0. The van der Waals surface area contributed by atoms with E-state index in [0.717, 1.165) is 17.1 Å². The standard InChI is InChI=1S/C17H26N2O5S/c1-23-15-5-4-13(16(12-15)24-2)6-9-18-17(20)14-7-10-19(11-8-14)25(3,21)22/h4-5,12,14H,6-11H2,1-3H3,(H,18,20). The number of amides is 1. The van der Waals surface area contributed by atoms with Crippen LogP contribution in [0.3, 0.4) is 0 Å². The molecule has 0 atom stereocenters. The summed E-state index contributed by atoms with van der Waals surface area (Å²) >= 11 is 0. The number of carbonyl (C=O) groups is 1. The van der Waals surface area contributed by atoms with Gasteiger partial charge in [0.2, 0.25) is 15.9 Å². The van der Waals surface area contributed by atoms with E-state index in [9.17, 15) is 13.2 Å². The number of rotatable bonds is 7. The van der Waals surface area contributed by atoms with Crippen LogP contribution in [-0.2, 0) is 21.2 Å². The van der Waals surface area contributed by atoms with Crippen LogP contribution in [0.4, 0.5) is 0 Å². The van der Waals surface area contributed by atoms with Gasteiger partial charge in [-0.15, -0.1) is 0 Å². The number of carbonyl (C=O) groups excluding carboxylic acids is 1. The van der Waals surface area contributed by atoms with E-state index in [1.807, 2.05) is 18.2 Å². The van der Waals surface area contributed by atoms with Gasteiger partial charge in [-0.2, -0.15) is 0 Å². The van der Waals surface area contributed by atoms with Crippen molar-refractivity contribution >= 4 is 15.9 Å². The Morgan fingerprint density at radius 1 is 1.24 bits per heavy atom. The van der Waals surface area contributed by atoms with Crippen molar-refractivity contribution in [3.63, 3.8) is 0 Å². The Bertz CT molecular complexity index is 697. The molecule has 0 aromatic heterocycles. The molecular formula is C17H26N2O5S. The first-order valence-corrected chi connectivity index (χ1v) is 10.1. The van der Waals surface area contributed by atoms with Crippen LogP contribution in [0.15, 0.2) is 18.2 Å². The zero-order valence-corrected chi connectivity index (χ0v) is 15.8. The van der Waals surface area contributed by atoms with Crippen LogP contribution in [0.1, 0.15) is 18.4 Å². The Hall–Kier alpha value is -1.80. The second-order valence-corrected chi connectivity index (χ2v) is 8.14. The fourth-order valence-corrected chi connectivity index (χ4v) is 3.85. The average molecular weight is 370 g/mol. The number of nitrogens with zero attached hydrogens (tertiary/aromatic N) is 1. The van der Waals surface area contributed by atoms with E-state index in [0.29, 0.717) is 38.9 Å². The molecule has 8 heteroatoms. The maximum absolute atomic E-state index is 12.3. The summed E-state index contributed by atoms with van der Waals surface area (Å²) in [5, 5.41) is 2.94. The van der Waals surface area contributed by atoms with Crippen LogP contribution in [0.2, 0.25) is 0 Å². The zero-order chi connectivity index (χ0) is 18.4. The Morgan fingerprint density at radius 2 is 1.92 bits per heavy atom. The third-order valence-electron chi connectivity index (χ3n) is 4.48. The van der Waals surface area contributed by atoms with Crippen LogP contribution in [0.5, 0.6) is 11.5 Å². The minimum atomic E-state index is -3.16. The molecule has 0 saturated carbocycles. The van der Waals surface area contributed by atoms with Gasteiger partial charge in [-0.1, -0.05) is 6.07 Å². The third kappa shape index (κ3) is 5.34. The first-order chi connectivity index (χ1) is 11.8. The van der Waals surface area contributed by atoms with Crippen molar-refractivity contribution in [2.45, 2.75) is 19.3 Å². The molecule has 7 nitrogen and oxygen atoms in total. The van der Waals surface area contributed by atoms with Crippen LogP contribution in [0, 0.1) is 5.92 Å². The third-order valence-corrected chi connectivity index (χ3v) is 5.78. The van der Waals surface area contributed by atoms with Crippen molar-refractivity contribution in [3.8, 4) is 11.5 Å². The molecule has 0 spiro atoms. The highest BCUT2D eigenvalue weighted by Crippen LogP contribution is 2.25. The molecule has 140 valence electrons. The van der Waals surface area contributed by atoms with Crippen LogP contribution in [0.25, 0.3) is 0 Å². The SMILES string of the molecule is COc1ccc(CCNC(=O)C2CCN(S(C)(=O)=O)CC2)c(OC)c1. The van der Waals surface area contributed by atoms with E-state index >= 15 is 0 Å². The minimum absolute atomic E-state index is 0.0133. The highest BCUT2D eigenvalue weighted by molar-refractivity contribution is 7.88. The second kappa shape index (κ2) is 8.53. The zero-order valence-electron chi connectivity index (χ0n) is 14.9. The van der Waals surface area contributed by atoms with E-state index < -0.39 is 10.0 Å². The molecule has 2 rings (SSSR count). The monoisotopic (exact) mass is 370 g/mol.